The van der Waals surface area contributed by atoms with E-state index in [2.05, 4.69) is 5.32 Å². The summed E-state index contributed by atoms with van der Waals surface area (Å²) in [5, 5.41) is 11.6. The van der Waals surface area contributed by atoms with Gasteiger partial charge in [-0.2, -0.15) is 0 Å². The van der Waals surface area contributed by atoms with Gasteiger partial charge in [-0.1, -0.05) is 6.92 Å². The summed E-state index contributed by atoms with van der Waals surface area (Å²) >= 11 is 0. The second kappa shape index (κ2) is 5.30. The minimum Gasteiger partial charge on any atom is -0.481 e. The molecule has 0 saturated heterocycles. The number of rotatable bonds is 6. The molecule has 0 saturated carbocycles. The van der Waals surface area contributed by atoms with Crippen LogP contribution in [0.5, 0.6) is 0 Å². The molecule has 0 radical (unpaired) electrons. The molecule has 0 aromatic heterocycles. The lowest BCUT2D eigenvalue weighted by molar-refractivity contribution is -0.148. The highest BCUT2D eigenvalue weighted by Gasteiger charge is 2.31. The molecule has 16 heavy (non-hydrogen) atoms. The normalized spacial score (nSPS) is 15.3. The van der Waals surface area contributed by atoms with Crippen LogP contribution < -0.4 is 11.1 Å². The number of hydrogen-bond acceptors (Lipinski definition) is 3. The minimum atomic E-state index is -0.908. The molecule has 0 aliphatic rings. The van der Waals surface area contributed by atoms with Crippen LogP contribution in [0.4, 0.5) is 0 Å². The summed E-state index contributed by atoms with van der Waals surface area (Å²) in [7, 11) is 0. The number of carboxylic acids is 1. The fourth-order valence-electron chi connectivity index (χ4n) is 1.12. The maximum absolute atomic E-state index is 11.5. The van der Waals surface area contributed by atoms with Crippen molar-refractivity contribution in [2.75, 3.05) is 6.54 Å². The van der Waals surface area contributed by atoms with Crippen LogP contribution in [0.15, 0.2) is 0 Å². The molecule has 0 bridgehead atoms. The Morgan fingerprint density at radius 2 is 1.81 bits per heavy atom. The van der Waals surface area contributed by atoms with Gasteiger partial charge >= 0.3 is 5.97 Å². The van der Waals surface area contributed by atoms with Crippen molar-refractivity contribution in [2.45, 2.75) is 46.1 Å². The largest absolute Gasteiger partial charge is 0.481 e. The third-order valence-corrected chi connectivity index (χ3v) is 2.59. The molecule has 0 aliphatic heterocycles. The van der Waals surface area contributed by atoms with Gasteiger partial charge in [0.15, 0.2) is 0 Å². The van der Waals surface area contributed by atoms with Gasteiger partial charge in [0.25, 0.3) is 0 Å². The number of carbonyl (C=O) groups is 2. The van der Waals surface area contributed by atoms with Crippen LogP contribution in [0.1, 0.15) is 40.5 Å². The lowest BCUT2D eigenvalue weighted by atomic mass is 9.87. The Bertz CT molecular complexity index is 271. The van der Waals surface area contributed by atoms with E-state index in [4.69, 9.17) is 10.8 Å². The Balaban J connectivity index is 4.24. The van der Waals surface area contributed by atoms with Crippen molar-refractivity contribution in [3.8, 4) is 0 Å². The fourth-order valence-corrected chi connectivity index (χ4v) is 1.12. The first-order valence-corrected chi connectivity index (χ1v) is 5.40. The smallest absolute Gasteiger partial charge is 0.311 e. The third-order valence-electron chi connectivity index (χ3n) is 2.59. The van der Waals surface area contributed by atoms with Crippen LogP contribution in [-0.2, 0) is 9.59 Å². The summed E-state index contributed by atoms with van der Waals surface area (Å²) in [5.74, 6) is -1.12. The van der Waals surface area contributed by atoms with E-state index in [1.54, 1.807) is 27.7 Å². The van der Waals surface area contributed by atoms with Crippen molar-refractivity contribution in [3.05, 3.63) is 0 Å². The molecule has 0 aliphatic carbocycles. The molecule has 0 heterocycles. The molecule has 0 aromatic rings. The number of carboxylic acid groups (broad SMARTS) is 1. The van der Waals surface area contributed by atoms with E-state index in [1.165, 1.54) is 0 Å². The molecule has 1 unspecified atom stereocenters. The van der Waals surface area contributed by atoms with Crippen molar-refractivity contribution < 1.29 is 14.7 Å². The average molecular weight is 230 g/mol. The zero-order valence-corrected chi connectivity index (χ0v) is 10.5. The third kappa shape index (κ3) is 5.11. The van der Waals surface area contributed by atoms with Crippen LogP contribution in [0.25, 0.3) is 0 Å². The molecule has 1 atom stereocenters. The number of aliphatic carboxylic acids is 1. The van der Waals surface area contributed by atoms with Crippen molar-refractivity contribution in [1.29, 1.82) is 0 Å². The Labute approximate surface area is 96.4 Å². The van der Waals surface area contributed by atoms with Crippen LogP contribution in [0.2, 0.25) is 0 Å². The standard InChI is InChI=1S/C11H22N2O3/c1-5-11(4,9(15)16)7-13-8(14)6-10(2,3)12/h5-7,12H2,1-4H3,(H,13,14)(H,15,16). The van der Waals surface area contributed by atoms with Gasteiger partial charge in [0.1, 0.15) is 0 Å². The number of nitrogens with one attached hydrogen (secondary N) is 1. The molecule has 94 valence electrons. The molecular weight excluding hydrogens is 208 g/mol. The van der Waals surface area contributed by atoms with E-state index < -0.39 is 16.9 Å². The van der Waals surface area contributed by atoms with E-state index >= 15 is 0 Å². The van der Waals surface area contributed by atoms with Crippen LogP contribution in [0, 0.1) is 5.41 Å². The summed E-state index contributed by atoms with van der Waals surface area (Å²) in [6.45, 7) is 7.04. The first-order chi connectivity index (χ1) is 7.10. The monoisotopic (exact) mass is 230 g/mol. The summed E-state index contributed by atoms with van der Waals surface area (Å²) in [6.07, 6.45) is 0.654. The SMILES string of the molecule is CCC(C)(CNC(=O)CC(C)(C)N)C(=O)O. The van der Waals surface area contributed by atoms with Gasteiger partial charge in [0.2, 0.25) is 5.91 Å². The predicted octanol–water partition coefficient (Wildman–Crippen LogP) is 0.731. The first kappa shape index (κ1) is 14.9. The maximum atomic E-state index is 11.5. The Kier molecular flexibility index (Phi) is 4.93. The van der Waals surface area contributed by atoms with Gasteiger partial charge in [-0.05, 0) is 27.2 Å². The van der Waals surface area contributed by atoms with Crippen LogP contribution in [-0.4, -0.2) is 29.1 Å². The topological polar surface area (TPSA) is 92.4 Å². The second-order valence-corrected chi connectivity index (χ2v) is 5.16. The summed E-state index contributed by atoms with van der Waals surface area (Å²) in [6, 6.07) is 0. The lowest BCUT2D eigenvalue weighted by Crippen LogP contribution is -2.44. The molecule has 5 nitrogen and oxygen atoms in total. The Hall–Kier alpha value is -1.10. The van der Waals surface area contributed by atoms with Crippen molar-refractivity contribution in [1.82, 2.24) is 5.32 Å². The van der Waals surface area contributed by atoms with Gasteiger partial charge in [-0.3, -0.25) is 9.59 Å². The number of carbonyl (C=O) groups excluding carboxylic acids is 1. The lowest BCUT2D eigenvalue weighted by Gasteiger charge is -2.24. The van der Waals surface area contributed by atoms with Gasteiger partial charge in [0, 0.05) is 18.5 Å². The first-order valence-electron chi connectivity index (χ1n) is 5.40. The highest BCUT2D eigenvalue weighted by molar-refractivity contribution is 5.79. The number of nitrogens with two attached hydrogens (primary N) is 1. The van der Waals surface area contributed by atoms with Gasteiger partial charge < -0.3 is 16.2 Å². The maximum Gasteiger partial charge on any atom is 0.311 e. The summed E-state index contributed by atoms with van der Waals surface area (Å²) < 4.78 is 0. The molecule has 0 rings (SSSR count). The highest BCUT2D eigenvalue weighted by Crippen LogP contribution is 2.20. The Morgan fingerprint density at radius 1 is 1.31 bits per heavy atom. The Morgan fingerprint density at radius 3 is 2.12 bits per heavy atom. The van der Waals surface area contributed by atoms with Crippen molar-refractivity contribution >= 4 is 11.9 Å². The van der Waals surface area contributed by atoms with E-state index in [0.29, 0.717) is 6.42 Å². The van der Waals surface area contributed by atoms with E-state index in [-0.39, 0.29) is 18.9 Å². The van der Waals surface area contributed by atoms with E-state index in [1.807, 2.05) is 0 Å². The number of amides is 1. The van der Waals surface area contributed by atoms with Gasteiger partial charge in [-0.15, -0.1) is 0 Å². The molecule has 4 N–H and O–H groups in total. The molecule has 5 heteroatoms. The highest BCUT2D eigenvalue weighted by atomic mass is 16.4. The van der Waals surface area contributed by atoms with Crippen molar-refractivity contribution in [3.63, 3.8) is 0 Å². The van der Waals surface area contributed by atoms with E-state index in [9.17, 15) is 9.59 Å². The summed E-state index contributed by atoms with van der Waals surface area (Å²) in [4.78, 5) is 22.4. The average Bonchev–Trinajstić information content (AvgIpc) is 2.11. The zero-order valence-electron chi connectivity index (χ0n) is 10.5. The van der Waals surface area contributed by atoms with Crippen LogP contribution in [0.3, 0.4) is 0 Å². The van der Waals surface area contributed by atoms with Crippen LogP contribution >= 0.6 is 0 Å². The van der Waals surface area contributed by atoms with E-state index in [0.717, 1.165) is 0 Å². The molecule has 1 amide bonds. The van der Waals surface area contributed by atoms with Gasteiger partial charge in [-0.25, -0.2) is 0 Å². The zero-order chi connectivity index (χ0) is 13.0. The fraction of sp³-hybridized carbons (Fsp3) is 0.818. The quantitative estimate of drug-likeness (QED) is 0.627. The van der Waals surface area contributed by atoms with Gasteiger partial charge in [0.05, 0.1) is 5.41 Å². The molecule has 0 spiro atoms. The number of hydrogen-bond donors (Lipinski definition) is 3. The molecular formula is C11H22N2O3. The summed E-state index contributed by atoms with van der Waals surface area (Å²) in [5.41, 5.74) is 4.21. The van der Waals surface area contributed by atoms with Crippen molar-refractivity contribution in [2.24, 2.45) is 11.1 Å². The molecule has 0 fully saturated rings. The molecule has 0 aromatic carbocycles. The predicted molar refractivity (Wildman–Crippen MR) is 61.9 cm³/mol. The minimum absolute atomic E-state index is 0.133. The second-order valence-electron chi connectivity index (χ2n) is 5.16.